The van der Waals surface area contributed by atoms with Gasteiger partial charge in [-0.1, -0.05) is 26.0 Å². The molecule has 0 atom stereocenters. The van der Waals surface area contributed by atoms with E-state index in [-0.39, 0.29) is 22.3 Å². The van der Waals surface area contributed by atoms with Crippen molar-refractivity contribution in [2.75, 3.05) is 20.0 Å². The smallest absolute Gasteiger partial charge is 0.183 e. The topological polar surface area (TPSA) is 69.7 Å². The number of ether oxygens (including phenoxy) is 2. The van der Waals surface area contributed by atoms with Crippen molar-refractivity contribution >= 4 is 15.6 Å². The molecule has 0 saturated heterocycles. The third-order valence-corrected chi connectivity index (χ3v) is 4.71. The lowest BCUT2D eigenvalue weighted by molar-refractivity contribution is -0.0851. The number of hydrogen-bond acceptors (Lipinski definition) is 5. The van der Waals surface area contributed by atoms with Crippen LogP contribution in [0.25, 0.3) is 0 Å². The minimum atomic E-state index is -3.51. The molecular formula is C15H22O5S. The highest BCUT2D eigenvalue weighted by Gasteiger charge is 2.21. The number of benzene rings is 1. The van der Waals surface area contributed by atoms with E-state index >= 15 is 0 Å². The van der Waals surface area contributed by atoms with Crippen molar-refractivity contribution in [3.8, 4) is 0 Å². The monoisotopic (exact) mass is 314 g/mol. The Morgan fingerprint density at radius 1 is 1.10 bits per heavy atom. The Kier molecular flexibility index (Phi) is 6.51. The Balaban J connectivity index is 2.89. The van der Waals surface area contributed by atoms with Crippen LogP contribution in [0.5, 0.6) is 0 Å². The number of methoxy groups -OCH3 is 2. The third-order valence-electron chi connectivity index (χ3n) is 3.01. The van der Waals surface area contributed by atoms with Gasteiger partial charge in [0.05, 0.1) is 4.90 Å². The summed E-state index contributed by atoms with van der Waals surface area (Å²) in [5.74, 6) is 0.0184. The first kappa shape index (κ1) is 17.8. The molecule has 0 bridgehead atoms. The number of ketones is 1. The van der Waals surface area contributed by atoms with Crippen LogP contribution in [0, 0.1) is 5.92 Å². The maximum absolute atomic E-state index is 12.2. The number of Topliss-reactive ketones (excluding diaryl/α,β-unsaturated/α-hetero) is 1. The average molecular weight is 314 g/mol. The first-order chi connectivity index (χ1) is 9.80. The van der Waals surface area contributed by atoms with Crippen LogP contribution in [0.4, 0.5) is 0 Å². The molecule has 0 aliphatic carbocycles. The van der Waals surface area contributed by atoms with E-state index in [0.29, 0.717) is 12.0 Å². The van der Waals surface area contributed by atoms with E-state index in [4.69, 9.17) is 9.47 Å². The molecule has 1 rings (SSSR count). The molecule has 0 fully saturated rings. The van der Waals surface area contributed by atoms with Crippen LogP contribution in [-0.4, -0.2) is 40.5 Å². The fraction of sp³-hybridized carbons (Fsp3) is 0.533. The van der Waals surface area contributed by atoms with Crippen molar-refractivity contribution < 1.29 is 22.7 Å². The molecule has 0 aliphatic rings. The lowest BCUT2D eigenvalue weighted by atomic mass is 10.0. The maximum Gasteiger partial charge on any atom is 0.183 e. The zero-order valence-electron chi connectivity index (χ0n) is 12.8. The Hall–Kier alpha value is -1.24. The van der Waals surface area contributed by atoms with Crippen LogP contribution < -0.4 is 0 Å². The molecule has 1 aromatic rings. The van der Waals surface area contributed by atoms with Crippen molar-refractivity contribution in [3.63, 3.8) is 0 Å². The summed E-state index contributed by atoms with van der Waals surface area (Å²) >= 11 is 0. The van der Waals surface area contributed by atoms with Crippen LogP contribution in [-0.2, 0) is 19.3 Å². The van der Waals surface area contributed by atoms with Gasteiger partial charge in [-0.05, 0) is 18.1 Å². The zero-order valence-corrected chi connectivity index (χ0v) is 13.6. The molecule has 0 spiro atoms. The molecule has 0 aliphatic heterocycles. The minimum absolute atomic E-state index is 0.0145. The highest BCUT2D eigenvalue weighted by atomic mass is 32.2. The molecule has 0 aromatic heterocycles. The van der Waals surface area contributed by atoms with Crippen LogP contribution in [0.1, 0.15) is 30.6 Å². The summed E-state index contributed by atoms with van der Waals surface area (Å²) in [6.07, 6.45) is -0.362. The molecule has 118 valence electrons. The van der Waals surface area contributed by atoms with E-state index in [2.05, 4.69) is 0 Å². The summed E-state index contributed by atoms with van der Waals surface area (Å²) in [5, 5.41) is 0. The van der Waals surface area contributed by atoms with E-state index in [1.54, 1.807) is 12.1 Å². The van der Waals surface area contributed by atoms with Gasteiger partial charge in [0.25, 0.3) is 0 Å². The molecular weight excluding hydrogens is 292 g/mol. The van der Waals surface area contributed by atoms with Gasteiger partial charge in [-0.15, -0.1) is 0 Å². The van der Waals surface area contributed by atoms with Crippen molar-refractivity contribution in [3.05, 3.63) is 29.8 Å². The van der Waals surface area contributed by atoms with Crippen LogP contribution in [0.15, 0.2) is 29.2 Å². The molecule has 0 heterocycles. The summed E-state index contributed by atoms with van der Waals surface area (Å²) in [6.45, 7) is 3.93. The fourth-order valence-electron chi connectivity index (χ4n) is 1.84. The molecule has 21 heavy (non-hydrogen) atoms. The van der Waals surface area contributed by atoms with E-state index in [0.717, 1.165) is 0 Å². The molecule has 0 radical (unpaired) electrons. The number of carbonyl (C=O) groups excluding carboxylic acids is 1. The Labute approximate surface area is 126 Å². The van der Waals surface area contributed by atoms with E-state index in [9.17, 15) is 13.2 Å². The Morgan fingerprint density at radius 3 is 2.05 bits per heavy atom. The Morgan fingerprint density at radius 2 is 1.62 bits per heavy atom. The predicted octanol–water partition coefficient (Wildman–Crippen LogP) is 2.31. The quantitative estimate of drug-likeness (QED) is 0.544. The van der Waals surface area contributed by atoms with Crippen molar-refractivity contribution in [2.45, 2.75) is 31.5 Å². The van der Waals surface area contributed by atoms with Gasteiger partial charge in [0, 0.05) is 26.2 Å². The normalized spacial score (nSPS) is 12.1. The number of sulfone groups is 1. The van der Waals surface area contributed by atoms with E-state index in [1.807, 2.05) is 13.8 Å². The highest BCUT2D eigenvalue weighted by molar-refractivity contribution is 7.91. The SMILES string of the molecule is COC(CS(=O)(=O)c1ccc(C(=O)CC(C)C)cc1)OC. The molecule has 0 amide bonds. The van der Waals surface area contributed by atoms with E-state index in [1.165, 1.54) is 26.4 Å². The second kappa shape index (κ2) is 7.68. The molecule has 5 nitrogen and oxygen atoms in total. The molecule has 0 N–H and O–H groups in total. The standard InChI is InChI=1S/C15H22O5S/c1-11(2)9-14(16)12-5-7-13(8-6-12)21(17,18)10-15(19-3)20-4/h5-8,11,15H,9-10H2,1-4H3. The van der Waals surface area contributed by atoms with Crippen molar-refractivity contribution in [2.24, 2.45) is 5.92 Å². The highest BCUT2D eigenvalue weighted by Crippen LogP contribution is 2.16. The van der Waals surface area contributed by atoms with Gasteiger partial charge in [-0.3, -0.25) is 4.79 Å². The molecule has 6 heteroatoms. The first-order valence-corrected chi connectivity index (χ1v) is 8.37. The van der Waals surface area contributed by atoms with E-state index < -0.39 is 16.1 Å². The number of hydrogen-bond donors (Lipinski definition) is 0. The van der Waals surface area contributed by atoms with Gasteiger partial charge in [-0.2, -0.15) is 0 Å². The largest absolute Gasteiger partial charge is 0.355 e. The van der Waals surface area contributed by atoms with Crippen molar-refractivity contribution in [1.82, 2.24) is 0 Å². The average Bonchev–Trinajstić information content (AvgIpc) is 2.44. The summed E-state index contributed by atoms with van der Waals surface area (Å²) in [6, 6.07) is 6.00. The van der Waals surface area contributed by atoms with Gasteiger partial charge in [-0.25, -0.2) is 8.42 Å². The summed E-state index contributed by atoms with van der Waals surface area (Å²) in [5.41, 5.74) is 0.526. The van der Waals surface area contributed by atoms with Crippen LogP contribution >= 0.6 is 0 Å². The fourth-order valence-corrected chi connectivity index (χ4v) is 3.22. The number of carbonyl (C=O) groups is 1. The third kappa shape index (κ3) is 5.22. The molecule has 0 unspecified atom stereocenters. The second-order valence-corrected chi connectivity index (χ2v) is 7.26. The Bertz CT molecular complexity index is 556. The van der Waals surface area contributed by atoms with Gasteiger partial charge >= 0.3 is 0 Å². The summed E-state index contributed by atoms with van der Waals surface area (Å²) in [7, 11) is -0.738. The lowest BCUT2D eigenvalue weighted by Gasteiger charge is -2.13. The van der Waals surface area contributed by atoms with Gasteiger partial charge in [0.15, 0.2) is 21.9 Å². The summed E-state index contributed by atoms with van der Waals surface area (Å²) in [4.78, 5) is 12.1. The summed E-state index contributed by atoms with van der Waals surface area (Å²) < 4.78 is 34.2. The van der Waals surface area contributed by atoms with Gasteiger partial charge < -0.3 is 9.47 Å². The van der Waals surface area contributed by atoms with Crippen LogP contribution in [0.3, 0.4) is 0 Å². The second-order valence-electron chi connectivity index (χ2n) is 5.23. The van der Waals surface area contributed by atoms with Gasteiger partial charge in [0.2, 0.25) is 0 Å². The minimum Gasteiger partial charge on any atom is -0.355 e. The zero-order chi connectivity index (χ0) is 16.0. The first-order valence-electron chi connectivity index (χ1n) is 6.71. The van der Waals surface area contributed by atoms with Crippen molar-refractivity contribution in [1.29, 1.82) is 0 Å². The maximum atomic E-state index is 12.2. The van der Waals surface area contributed by atoms with Crippen LogP contribution in [0.2, 0.25) is 0 Å². The van der Waals surface area contributed by atoms with Gasteiger partial charge in [0.1, 0.15) is 5.75 Å². The molecule has 0 saturated carbocycles. The predicted molar refractivity (Wildman–Crippen MR) is 80.1 cm³/mol. The lowest BCUT2D eigenvalue weighted by Crippen LogP contribution is -2.24. The molecule has 1 aromatic carbocycles. The number of rotatable bonds is 8.